The molecule has 0 N–H and O–H groups in total. The van der Waals surface area contributed by atoms with Crippen LogP contribution in [0.25, 0.3) is 10.9 Å². The number of halogens is 2. The molecule has 0 aliphatic rings. The fourth-order valence-corrected chi connectivity index (χ4v) is 2.90. The van der Waals surface area contributed by atoms with Gasteiger partial charge >= 0.3 is 5.97 Å². The number of nitrogens with zero attached hydrogens (tertiary/aromatic N) is 2. The molecule has 0 saturated heterocycles. The molecule has 28 heavy (non-hydrogen) atoms. The fourth-order valence-electron chi connectivity index (χ4n) is 2.72. The lowest BCUT2D eigenvalue weighted by Gasteiger charge is -2.17. The van der Waals surface area contributed by atoms with Crippen LogP contribution in [0.3, 0.4) is 0 Å². The van der Waals surface area contributed by atoms with Crippen molar-refractivity contribution in [3.8, 4) is 0 Å². The highest BCUT2D eigenvalue weighted by Crippen LogP contribution is 2.21. The molecule has 0 aliphatic carbocycles. The lowest BCUT2D eigenvalue weighted by atomic mass is 10.1. The highest BCUT2D eigenvalue weighted by Gasteiger charge is 2.17. The molecule has 144 valence electrons. The number of carbonyl (C=O) groups excluding carboxylic acids is 2. The predicted octanol–water partition coefficient (Wildman–Crippen LogP) is 4.15. The molecular weight excluding hydrogens is 383 g/mol. The van der Waals surface area contributed by atoms with Crippen LogP contribution >= 0.6 is 11.6 Å². The Bertz CT molecular complexity index is 1040. The third-order valence-corrected chi connectivity index (χ3v) is 4.51. The first-order valence-electron chi connectivity index (χ1n) is 8.56. The number of hydrogen-bond acceptors (Lipinski definition) is 4. The molecule has 5 nitrogen and oxygen atoms in total. The van der Waals surface area contributed by atoms with Gasteiger partial charge in [0.15, 0.2) is 6.61 Å². The van der Waals surface area contributed by atoms with E-state index in [1.807, 2.05) is 0 Å². The summed E-state index contributed by atoms with van der Waals surface area (Å²) in [5, 5.41) is 1.25. The molecule has 0 bridgehead atoms. The van der Waals surface area contributed by atoms with Crippen LogP contribution in [0, 0.1) is 12.7 Å². The highest BCUT2D eigenvalue weighted by atomic mass is 35.5. The van der Waals surface area contributed by atoms with Crippen molar-refractivity contribution in [1.29, 1.82) is 0 Å². The zero-order chi connectivity index (χ0) is 20.3. The summed E-state index contributed by atoms with van der Waals surface area (Å²) in [4.78, 5) is 30.4. The second-order valence-electron chi connectivity index (χ2n) is 6.41. The molecule has 0 saturated carbocycles. The molecular formula is C21H18ClFN2O3. The summed E-state index contributed by atoms with van der Waals surface area (Å²) in [5.74, 6) is -1.34. The van der Waals surface area contributed by atoms with Gasteiger partial charge in [0.2, 0.25) is 0 Å². The van der Waals surface area contributed by atoms with Crippen molar-refractivity contribution in [2.24, 2.45) is 0 Å². The van der Waals surface area contributed by atoms with Crippen molar-refractivity contribution in [2.45, 2.75) is 13.5 Å². The van der Waals surface area contributed by atoms with Crippen LogP contribution in [0.15, 0.2) is 48.5 Å². The van der Waals surface area contributed by atoms with Gasteiger partial charge in [-0.1, -0.05) is 23.7 Å². The van der Waals surface area contributed by atoms with E-state index in [0.717, 1.165) is 5.56 Å². The van der Waals surface area contributed by atoms with Crippen LogP contribution in [0.2, 0.25) is 5.02 Å². The number of benzene rings is 2. The molecule has 0 aliphatic heterocycles. The minimum Gasteiger partial charge on any atom is -0.452 e. The monoisotopic (exact) mass is 400 g/mol. The zero-order valence-corrected chi connectivity index (χ0v) is 16.2. The van der Waals surface area contributed by atoms with Crippen molar-refractivity contribution >= 4 is 34.4 Å². The first-order valence-corrected chi connectivity index (χ1v) is 8.94. The summed E-state index contributed by atoms with van der Waals surface area (Å²) >= 11 is 5.99. The van der Waals surface area contributed by atoms with E-state index >= 15 is 0 Å². The summed E-state index contributed by atoms with van der Waals surface area (Å²) in [6.45, 7) is 1.59. The van der Waals surface area contributed by atoms with E-state index in [9.17, 15) is 14.0 Å². The van der Waals surface area contributed by atoms with E-state index < -0.39 is 12.6 Å². The van der Waals surface area contributed by atoms with Crippen LogP contribution in [-0.4, -0.2) is 35.4 Å². The number of aryl methyl sites for hydroxylation is 1. The van der Waals surface area contributed by atoms with Crippen molar-refractivity contribution in [1.82, 2.24) is 9.88 Å². The van der Waals surface area contributed by atoms with Crippen molar-refractivity contribution < 1.29 is 18.7 Å². The van der Waals surface area contributed by atoms with Gasteiger partial charge in [0.25, 0.3) is 5.91 Å². The summed E-state index contributed by atoms with van der Waals surface area (Å²) in [6, 6.07) is 12.7. The number of hydrogen-bond donors (Lipinski definition) is 0. The molecule has 1 heterocycles. The molecule has 7 heteroatoms. The largest absolute Gasteiger partial charge is 0.452 e. The van der Waals surface area contributed by atoms with Crippen LogP contribution in [0.4, 0.5) is 4.39 Å². The third-order valence-electron chi connectivity index (χ3n) is 4.27. The smallest absolute Gasteiger partial charge is 0.340 e. The van der Waals surface area contributed by atoms with E-state index in [4.69, 9.17) is 16.3 Å². The summed E-state index contributed by atoms with van der Waals surface area (Å²) in [6.07, 6.45) is 0. The van der Waals surface area contributed by atoms with Crippen LogP contribution in [-0.2, 0) is 16.1 Å². The van der Waals surface area contributed by atoms with Crippen molar-refractivity contribution in [3.05, 3.63) is 76.2 Å². The maximum absolute atomic E-state index is 13.0. The van der Waals surface area contributed by atoms with E-state index in [1.165, 1.54) is 17.0 Å². The topological polar surface area (TPSA) is 59.5 Å². The van der Waals surface area contributed by atoms with E-state index in [-0.39, 0.29) is 23.8 Å². The third kappa shape index (κ3) is 4.64. The number of esters is 1. The van der Waals surface area contributed by atoms with Crippen LogP contribution in [0.5, 0.6) is 0 Å². The summed E-state index contributed by atoms with van der Waals surface area (Å²) in [7, 11) is 1.59. The Morgan fingerprint density at radius 3 is 2.57 bits per heavy atom. The van der Waals surface area contributed by atoms with Crippen molar-refractivity contribution in [2.75, 3.05) is 13.7 Å². The van der Waals surface area contributed by atoms with Crippen LogP contribution < -0.4 is 0 Å². The fraction of sp³-hybridized carbons (Fsp3) is 0.190. The summed E-state index contributed by atoms with van der Waals surface area (Å²) in [5.41, 5.74) is 2.28. The molecule has 0 atom stereocenters. The number of aromatic nitrogens is 1. The molecule has 3 aromatic rings. The molecule has 0 spiro atoms. The second kappa shape index (κ2) is 8.35. The SMILES string of the molecule is Cc1nc2ccc(Cl)cc2cc1C(=O)OCC(=O)N(C)Cc1ccc(F)cc1. The Hall–Kier alpha value is -2.99. The molecule has 1 aromatic heterocycles. The number of amides is 1. The first kappa shape index (κ1) is 19.8. The molecule has 2 aromatic carbocycles. The van der Waals surface area contributed by atoms with Crippen molar-refractivity contribution in [3.63, 3.8) is 0 Å². The number of ether oxygens (including phenoxy) is 1. The van der Waals surface area contributed by atoms with Gasteiger partial charge in [0.05, 0.1) is 16.8 Å². The average molecular weight is 401 g/mol. The number of fused-ring (bicyclic) bond motifs is 1. The van der Waals surface area contributed by atoms with Gasteiger partial charge in [0.1, 0.15) is 5.82 Å². The molecule has 0 radical (unpaired) electrons. The van der Waals surface area contributed by atoms with E-state index in [2.05, 4.69) is 4.98 Å². The Morgan fingerprint density at radius 1 is 1.14 bits per heavy atom. The maximum Gasteiger partial charge on any atom is 0.340 e. The highest BCUT2D eigenvalue weighted by molar-refractivity contribution is 6.31. The van der Waals surface area contributed by atoms with Gasteiger partial charge in [0, 0.05) is 24.0 Å². The molecule has 0 unspecified atom stereocenters. The lowest BCUT2D eigenvalue weighted by Crippen LogP contribution is -2.31. The minimum absolute atomic E-state index is 0.281. The van der Waals surface area contributed by atoms with E-state index in [1.54, 1.807) is 50.4 Å². The van der Waals surface area contributed by atoms with Gasteiger partial charge in [-0.25, -0.2) is 9.18 Å². The lowest BCUT2D eigenvalue weighted by molar-refractivity contribution is -0.133. The Balaban J connectivity index is 1.64. The van der Waals surface area contributed by atoms with Gasteiger partial charge in [-0.2, -0.15) is 0 Å². The number of carbonyl (C=O) groups is 2. The van der Waals surface area contributed by atoms with Gasteiger partial charge in [-0.3, -0.25) is 9.78 Å². The molecule has 1 amide bonds. The average Bonchev–Trinajstić information content (AvgIpc) is 2.67. The minimum atomic E-state index is -0.629. The first-order chi connectivity index (χ1) is 13.3. The standard InChI is InChI=1S/C21H18ClFN2O3/c1-13-18(10-15-9-16(22)5-8-19(15)24-13)21(27)28-12-20(26)25(2)11-14-3-6-17(23)7-4-14/h3-10H,11-12H2,1-2H3. The van der Waals surface area contributed by atoms with E-state index in [0.29, 0.717) is 21.6 Å². The quantitative estimate of drug-likeness (QED) is 0.603. The number of pyridine rings is 1. The molecule has 3 rings (SSSR count). The molecule has 0 fully saturated rings. The second-order valence-corrected chi connectivity index (χ2v) is 6.85. The predicted molar refractivity (Wildman–Crippen MR) is 105 cm³/mol. The van der Waals surface area contributed by atoms with Crippen LogP contribution in [0.1, 0.15) is 21.6 Å². The maximum atomic E-state index is 13.0. The Kier molecular flexibility index (Phi) is 5.90. The Labute approximate surface area is 166 Å². The normalized spacial score (nSPS) is 10.7. The summed E-state index contributed by atoms with van der Waals surface area (Å²) < 4.78 is 18.1. The Morgan fingerprint density at radius 2 is 1.86 bits per heavy atom. The number of likely N-dealkylation sites (N-methyl/N-ethyl adjacent to an activating group) is 1. The van der Waals surface area contributed by atoms with Gasteiger partial charge in [-0.15, -0.1) is 0 Å². The van der Waals surface area contributed by atoms with Gasteiger partial charge in [-0.05, 0) is 48.9 Å². The van der Waals surface area contributed by atoms with Gasteiger partial charge < -0.3 is 9.64 Å². The zero-order valence-electron chi connectivity index (χ0n) is 15.4. The number of rotatable bonds is 5.